The van der Waals surface area contributed by atoms with Crippen molar-refractivity contribution in [2.75, 3.05) is 5.75 Å². The molecule has 0 aromatic heterocycles. The van der Waals surface area contributed by atoms with Gasteiger partial charge in [0.05, 0.1) is 5.56 Å². The van der Waals surface area contributed by atoms with Gasteiger partial charge in [0.1, 0.15) is 0 Å². The van der Waals surface area contributed by atoms with E-state index in [0.717, 1.165) is 41.9 Å². The van der Waals surface area contributed by atoms with Crippen molar-refractivity contribution < 1.29 is 50.3 Å². The number of unbranched alkanes of at least 4 members (excludes halogenated alkanes) is 2. The van der Waals surface area contributed by atoms with Crippen LogP contribution in [0, 0.1) is 0 Å². The number of benzene rings is 2. The van der Waals surface area contributed by atoms with E-state index in [1.165, 1.54) is 32.3 Å². The zero-order valence-corrected chi connectivity index (χ0v) is 21.3. The summed E-state index contributed by atoms with van der Waals surface area (Å²) in [5.41, 5.74) is 2.77. The summed E-state index contributed by atoms with van der Waals surface area (Å²) < 4.78 is 0. The second-order valence-corrected chi connectivity index (χ2v) is 8.16. The molecule has 2 rings (SSSR count). The first-order valence-electron chi connectivity index (χ1n) is 10.2. The van der Waals surface area contributed by atoms with Crippen molar-refractivity contribution in [3.63, 3.8) is 0 Å². The van der Waals surface area contributed by atoms with Crippen LogP contribution in [0.5, 0.6) is 5.75 Å². The van der Waals surface area contributed by atoms with Crippen molar-refractivity contribution in [2.24, 2.45) is 0 Å². The molecule has 0 unspecified atom stereocenters. The quantitative estimate of drug-likeness (QED) is 0.127. The minimum atomic E-state index is -0.543. The summed E-state index contributed by atoms with van der Waals surface area (Å²) in [5.74, 6) is 0.724. The van der Waals surface area contributed by atoms with Crippen molar-refractivity contribution in [1.29, 1.82) is 0 Å². The summed E-state index contributed by atoms with van der Waals surface area (Å²) in [6, 6.07) is 14.3. The Morgan fingerprint density at radius 3 is 2.33 bits per heavy atom. The fraction of sp³-hybridized carbons (Fsp3) is 0.417. The van der Waals surface area contributed by atoms with Crippen molar-refractivity contribution in [2.45, 2.75) is 64.2 Å². The van der Waals surface area contributed by atoms with Crippen LogP contribution in [0.1, 0.15) is 69.4 Å². The Kier molecular flexibility index (Phi) is 13.1. The van der Waals surface area contributed by atoms with Crippen molar-refractivity contribution in [3.05, 3.63) is 59.2 Å². The summed E-state index contributed by atoms with van der Waals surface area (Å²) in [4.78, 5) is 34.3. The summed E-state index contributed by atoms with van der Waals surface area (Å²) >= 11 is 1.77. The molecule has 30 heavy (non-hydrogen) atoms. The van der Waals surface area contributed by atoms with E-state index >= 15 is 0 Å². The summed E-state index contributed by atoms with van der Waals surface area (Å²) in [5, 5.41) is 0. The van der Waals surface area contributed by atoms with E-state index < -0.39 is 5.97 Å². The smallest absolute Gasteiger partial charge is 1.00 e. The van der Waals surface area contributed by atoms with Gasteiger partial charge in [0, 0.05) is 17.4 Å². The van der Waals surface area contributed by atoms with Gasteiger partial charge in [0.2, 0.25) is 0 Å². The fourth-order valence-electron chi connectivity index (χ4n) is 3.14. The van der Waals surface area contributed by atoms with E-state index in [-0.39, 0.29) is 36.8 Å². The Labute approximate surface area is 207 Å². The van der Waals surface area contributed by atoms with Crippen LogP contribution in [0.3, 0.4) is 0 Å². The molecule has 0 atom stereocenters. The van der Waals surface area contributed by atoms with E-state index in [2.05, 4.69) is 31.2 Å². The van der Waals surface area contributed by atoms with Gasteiger partial charge in [-0.15, -0.1) is 11.8 Å². The zero-order valence-electron chi connectivity index (χ0n) is 19.5. The summed E-state index contributed by atoms with van der Waals surface area (Å²) in [6.07, 6.45) is 6.25. The second-order valence-electron chi connectivity index (χ2n) is 7.03. The molecular formula is C24H31NaO4S. The first kappa shape index (κ1) is 26.8. The standard InChI is InChI=1S/C24H30O4S.Na.H/c1-4-11-22-23(16-15-21(18(2)25)24(22)28-27-19(3)26)29-17-10-6-9-14-20-12-7-5-8-13-20;;/h5,7-8,12-13,15-16H,4,6,9-11,14,17H2,1-3H3;;/q;+1;-1. The fourth-order valence-corrected chi connectivity index (χ4v) is 4.24. The number of hydrogen-bond donors (Lipinski definition) is 0. The number of carbonyl (C=O) groups is 2. The van der Waals surface area contributed by atoms with Gasteiger partial charge < -0.3 is 1.43 Å². The first-order chi connectivity index (χ1) is 14.0. The van der Waals surface area contributed by atoms with Gasteiger partial charge in [-0.3, -0.25) is 14.6 Å². The number of carbonyl (C=O) groups excluding carboxylic acids is 2. The molecule has 4 nitrogen and oxygen atoms in total. The van der Waals surface area contributed by atoms with Gasteiger partial charge in [-0.1, -0.05) is 50.1 Å². The number of hydrogen-bond acceptors (Lipinski definition) is 5. The van der Waals surface area contributed by atoms with Crippen LogP contribution in [0.15, 0.2) is 47.4 Å². The molecule has 2 aromatic carbocycles. The molecule has 0 amide bonds. The predicted octanol–water partition coefficient (Wildman–Crippen LogP) is 3.32. The monoisotopic (exact) mass is 438 g/mol. The average molecular weight is 439 g/mol. The van der Waals surface area contributed by atoms with Gasteiger partial charge in [0.15, 0.2) is 11.5 Å². The molecule has 6 heteroatoms. The molecule has 0 spiro atoms. The molecule has 0 radical (unpaired) electrons. The molecule has 2 aromatic rings. The zero-order chi connectivity index (χ0) is 21.1. The minimum absolute atomic E-state index is 0. The number of aryl methyl sites for hydroxylation is 1. The van der Waals surface area contributed by atoms with E-state index in [1.807, 2.05) is 12.1 Å². The Balaban J connectivity index is 0.00000450. The third kappa shape index (κ3) is 8.84. The SMILES string of the molecule is CCCc1c(SCCCCCc2ccccc2)ccc(C(C)=O)c1OOC(C)=O.[H-].[Na+]. The maximum atomic E-state index is 12.0. The molecule has 0 bridgehead atoms. The molecule has 0 fully saturated rings. The van der Waals surface area contributed by atoms with E-state index in [4.69, 9.17) is 9.78 Å². The molecular weight excluding hydrogens is 407 g/mol. The van der Waals surface area contributed by atoms with Crippen LogP contribution >= 0.6 is 11.8 Å². The van der Waals surface area contributed by atoms with E-state index in [0.29, 0.717) is 11.3 Å². The van der Waals surface area contributed by atoms with Crippen LogP contribution in [0.2, 0.25) is 0 Å². The summed E-state index contributed by atoms with van der Waals surface area (Å²) in [7, 11) is 0. The summed E-state index contributed by atoms with van der Waals surface area (Å²) in [6.45, 7) is 4.85. The molecule has 158 valence electrons. The van der Waals surface area contributed by atoms with Crippen LogP contribution in [-0.4, -0.2) is 17.5 Å². The molecule has 0 aliphatic heterocycles. The van der Waals surface area contributed by atoms with E-state index in [9.17, 15) is 9.59 Å². The molecule has 0 aliphatic rings. The van der Waals surface area contributed by atoms with Gasteiger partial charge in [-0.05, 0) is 56.1 Å². The Morgan fingerprint density at radius 2 is 1.70 bits per heavy atom. The largest absolute Gasteiger partial charge is 1.00 e. The van der Waals surface area contributed by atoms with Gasteiger partial charge >= 0.3 is 35.5 Å². The molecule has 0 aliphatic carbocycles. The Bertz CT molecular complexity index is 815. The van der Waals surface area contributed by atoms with Gasteiger partial charge in [0.25, 0.3) is 0 Å². The van der Waals surface area contributed by atoms with Gasteiger partial charge in [-0.2, -0.15) is 0 Å². The third-order valence-corrected chi connectivity index (χ3v) is 5.74. The maximum Gasteiger partial charge on any atom is 1.00 e. The molecule has 0 heterocycles. The number of Topliss-reactive ketones (excluding diaryl/α,β-unsaturated/α-hetero) is 1. The van der Waals surface area contributed by atoms with Crippen molar-refractivity contribution in [1.82, 2.24) is 0 Å². The van der Waals surface area contributed by atoms with Crippen LogP contribution in [-0.2, 0) is 22.5 Å². The third-order valence-electron chi connectivity index (χ3n) is 4.55. The van der Waals surface area contributed by atoms with Gasteiger partial charge in [-0.25, -0.2) is 4.79 Å². The normalized spacial score (nSPS) is 10.2. The number of thioether (sulfide) groups is 1. The average Bonchev–Trinajstić information content (AvgIpc) is 2.70. The first-order valence-corrected chi connectivity index (χ1v) is 11.2. The van der Waals surface area contributed by atoms with Crippen LogP contribution < -0.4 is 34.4 Å². The molecule has 0 N–H and O–H groups in total. The topological polar surface area (TPSA) is 52.6 Å². The minimum Gasteiger partial charge on any atom is -1.00 e. The van der Waals surface area contributed by atoms with Crippen LogP contribution in [0.4, 0.5) is 0 Å². The Morgan fingerprint density at radius 1 is 0.967 bits per heavy atom. The predicted molar refractivity (Wildman–Crippen MR) is 119 cm³/mol. The number of rotatable bonds is 12. The van der Waals surface area contributed by atoms with E-state index in [1.54, 1.807) is 17.8 Å². The van der Waals surface area contributed by atoms with Crippen LogP contribution in [0.25, 0.3) is 0 Å². The Hall–Kier alpha value is -1.27. The molecule has 0 saturated heterocycles. The second kappa shape index (κ2) is 14.7. The number of ketones is 1. The molecule has 0 saturated carbocycles. The van der Waals surface area contributed by atoms with Crippen molar-refractivity contribution >= 4 is 23.5 Å². The van der Waals surface area contributed by atoms with Crippen molar-refractivity contribution in [3.8, 4) is 5.75 Å². The maximum absolute atomic E-state index is 12.0.